The lowest BCUT2D eigenvalue weighted by Gasteiger charge is -2.22. The minimum Gasteiger partial charge on any atom is -0.497 e. The summed E-state index contributed by atoms with van der Waals surface area (Å²) in [5, 5.41) is 4.11. The van der Waals surface area contributed by atoms with Crippen LogP contribution in [-0.2, 0) is 0 Å². The fraction of sp³-hybridized carbons (Fsp3) is 0.286. The first-order chi connectivity index (χ1) is 13.2. The first-order valence-corrected chi connectivity index (χ1v) is 9.02. The number of aryl methyl sites for hydroxylation is 1. The third-order valence-corrected chi connectivity index (χ3v) is 4.96. The predicted octanol–water partition coefficient (Wildman–Crippen LogP) is 4.03. The number of aromatic nitrogens is 2. The molecule has 0 N–H and O–H groups in total. The van der Waals surface area contributed by atoms with Crippen molar-refractivity contribution in [2.45, 2.75) is 25.8 Å². The quantitative estimate of drug-likeness (QED) is 0.700. The van der Waals surface area contributed by atoms with E-state index in [4.69, 9.17) is 9.26 Å². The Balaban J connectivity index is 1.58. The van der Waals surface area contributed by atoms with E-state index >= 15 is 0 Å². The van der Waals surface area contributed by atoms with Crippen molar-refractivity contribution in [1.29, 1.82) is 0 Å². The minimum absolute atomic E-state index is 0.0137. The molecule has 4 rings (SSSR count). The van der Waals surface area contributed by atoms with Crippen LogP contribution in [0, 0.1) is 6.92 Å². The van der Waals surface area contributed by atoms with Crippen LogP contribution in [0.5, 0.6) is 5.75 Å². The molecule has 2 aromatic carbocycles. The van der Waals surface area contributed by atoms with Crippen LogP contribution >= 0.6 is 0 Å². The van der Waals surface area contributed by atoms with Crippen LogP contribution in [-0.4, -0.2) is 34.6 Å². The minimum atomic E-state index is -0.184. The molecule has 138 valence electrons. The highest BCUT2D eigenvalue weighted by atomic mass is 16.5. The Morgan fingerprint density at radius 3 is 2.70 bits per heavy atom. The maximum atomic E-state index is 13.0. The molecular formula is C21H21N3O3. The molecule has 1 aliphatic rings. The van der Waals surface area contributed by atoms with E-state index in [2.05, 4.69) is 10.1 Å². The SMILES string of the molecule is COc1ccc(-c2noc([C@@H]3CCCN3C(=O)c3ccccc3C)n2)cc1. The molecule has 0 unspecified atom stereocenters. The molecule has 1 amide bonds. The van der Waals surface area contributed by atoms with E-state index in [1.807, 2.05) is 60.4 Å². The molecule has 3 aromatic rings. The van der Waals surface area contributed by atoms with Crippen molar-refractivity contribution >= 4 is 5.91 Å². The summed E-state index contributed by atoms with van der Waals surface area (Å²) in [6, 6.07) is 14.9. The lowest BCUT2D eigenvalue weighted by molar-refractivity contribution is 0.0709. The molecule has 1 aliphatic heterocycles. The van der Waals surface area contributed by atoms with E-state index in [1.54, 1.807) is 7.11 Å². The summed E-state index contributed by atoms with van der Waals surface area (Å²) >= 11 is 0. The zero-order valence-corrected chi connectivity index (χ0v) is 15.4. The van der Waals surface area contributed by atoms with Gasteiger partial charge in [-0.3, -0.25) is 4.79 Å². The number of nitrogens with zero attached hydrogens (tertiary/aromatic N) is 3. The summed E-state index contributed by atoms with van der Waals surface area (Å²) in [7, 11) is 1.63. The lowest BCUT2D eigenvalue weighted by atomic mass is 10.1. The maximum Gasteiger partial charge on any atom is 0.254 e. The second-order valence-corrected chi connectivity index (χ2v) is 6.66. The molecule has 6 nitrogen and oxygen atoms in total. The standard InChI is InChI=1S/C21H21N3O3/c1-14-6-3-4-7-17(14)21(25)24-13-5-8-18(24)20-22-19(23-27-20)15-9-11-16(26-2)12-10-15/h3-4,6-7,9-12,18H,5,8,13H2,1-2H3/t18-/m0/s1. The number of hydrogen-bond acceptors (Lipinski definition) is 5. The number of methoxy groups -OCH3 is 1. The summed E-state index contributed by atoms with van der Waals surface area (Å²) in [6.07, 6.45) is 1.74. The summed E-state index contributed by atoms with van der Waals surface area (Å²) < 4.78 is 10.7. The number of carbonyl (C=O) groups excluding carboxylic acids is 1. The van der Waals surface area contributed by atoms with Crippen molar-refractivity contribution in [3.05, 3.63) is 65.5 Å². The number of likely N-dealkylation sites (tertiary alicyclic amines) is 1. The summed E-state index contributed by atoms with van der Waals surface area (Å²) in [6.45, 7) is 2.64. The van der Waals surface area contributed by atoms with E-state index in [0.717, 1.165) is 35.3 Å². The Hall–Kier alpha value is -3.15. The molecule has 1 aromatic heterocycles. The zero-order chi connectivity index (χ0) is 18.8. The summed E-state index contributed by atoms with van der Waals surface area (Å²) in [5.41, 5.74) is 2.54. The molecule has 1 saturated heterocycles. The summed E-state index contributed by atoms with van der Waals surface area (Å²) in [4.78, 5) is 19.4. The Morgan fingerprint density at radius 2 is 1.96 bits per heavy atom. The Labute approximate surface area is 157 Å². The van der Waals surface area contributed by atoms with Crippen LogP contribution in [0.2, 0.25) is 0 Å². The Bertz CT molecular complexity index is 949. The molecular weight excluding hydrogens is 342 g/mol. The highest BCUT2D eigenvalue weighted by Crippen LogP contribution is 2.33. The largest absolute Gasteiger partial charge is 0.497 e. The van der Waals surface area contributed by atoms with Gasteiger partial charge in [-0.25, -0.2) is 0 Å². The van der Waals surface area contributed by atoms with E-state index in [0.29, 0.717) is 18.3 Å². The van der Waals surface area contributed by atoms with Crippen LogP contribution in [0.3, 0.4) is 0 Å². The van der Waals surface area contributed by atoms with Crippen molar-refractivity contribution in [2.24, 2.45) is 0 Å². The van der Waals surface area contributed by atoms with Gasteiger partial charge < -0.3 is 14.2 Å². The number of benzene rings is 2. The van der Waals surface area contributed by atoms with Gasteiger partial charge in [-0.15, -0.1) is 0 Å². The smallest absolute Gasteiger partial charge is 0.254 e. The number of rotatable bonds is 4. The van der Waals surface area contributed by atoms with Gasteiger partial charge >= 0.3 is 0 Å². The number of carbonyl (C=O) groups is 1. The van der Waals surface area contributed by atoms with Gasteiger partial charge in [0, 0.05) is 17.7 Å². The van der Waals surface area contributed by atoms with Crippen LogP contribution in [0.1, 0.15) is 40.7 Å². The average molecular weight is 363 g/mol. The molecule has 0 spiro atoms. The topological polar surface area (TPSA) is 68.5 Å². The van der Waals surface area contributed by atoms with Gasteiger partial charge in [0.25, 0.3) is 5.91 Å². The zero-order valence-electron chi connectivity index (χ0n) is 15.4. The molecule has 1 fully saturated rings. The van der Waals surface area contributed by atoms with Gasteiger partial charge in [0.2, 0.25) is 11.7 Å². The van der Waals surface area contributed by atoms with Crippen molar-refractivity contribution in [3.8, 4) is 17.1 Å². The highest BCUT2D eigenvalue weighted by molar-refractivity contribution is 5.96. The van der Waals surface area contributed by atoms with Crippen molar-refractivity contribution in [2.75, 3.05) is 13.7 Å². The fourth-order valence-corrected chi connectivity index (χ4v) is 3.46. The second kappa shape index (κ2) is 7.23. The predicted molar refractivity (Wildman–Crippen MR) is 100 cm³/mol. The van der Waals surface area contributed by atoms with E-state index in [9.17, 15) is 4.79 Å². The van der Waals surface area contributed by atoms with Gasteiger partial charge in [-0.05, 0) is 55.7 Å². The number of ether oxygens (including phenoxy) is 1. The highest BCUT2D eigenvalue weighted by Gasteiger charge is 2.35. The van der Waals surface area contributed by atoms with E-state index < -0.39 is 0 Å². The molecule has 0 saturated carbocycles. The van der Waals surface area contributed by atoms with Gasteiger partial charge in [0.05, 0.1) is 7.11 Å². The van der Waals surface area contributed by atoms with Crippen LogP contribution in [0.4, 0.5) is 0 Å². The summed E-state index contributed by atoms with van der Waals surface area (Å²) in [5.74, 6) is 1.79. The third-order valence-electron chi connectivity index (χ3n) is 4.96. The average Bonchev–Trinajstić information content (AvgIpc) is 3.37. The first kappa shape index (κ1) is 17.3. The molecule has 0 bridgehead atoms. The molecule has 0 radical (unpaired) electrons. The normalized spacial score (nSPS) is 16.5. The Kier molecular flexibility index (Phi) is 4.62. The number of amides is 1. The maximum absolute atomic E-state index is 13.0. The van der Waals surface area contributed by atoms with Gasteiger partial charge in [-0.1, -0.05) is 23.4 Å². The van der Waals surface area contributed by atoms with Crippen molar-refractivity contribution in [3.63, 3.8) is 0 Å². The van der Waals surface area contributed by atoms with Crippen LogP contribution in [0.25, 0.3) is 11.4 Å². The van der Waals surface area contributed by atoms with Crippen LogP contribution < -0.4 is 4.74 Å². The van der Waals surface area contributed by atoms with E-state index in [-0.39, 0.29) is 11.9 Å². The first-order valence-electron chi connectivity index (χ1n) is 9.02. The molecule has 6 heteroatoms. The second-order valence-electron chi connectivity index (χ2n) is 6.66. The molecule has 0 aliphatic carbocycles. The fourth-order valence-electron chi connectivity index (χ4n) is 3.46. The monoisotopic (exact) mass is 363 g/mol. The van der Waals surface area contributed by atoms with E-state index in [1.165, 1.54) is 0 Å². The van der Waals surface area contributed by atoms with Gasteiger partial charge in [0.1, 0.15) is 11.8 Å². The Morgan fingerprint density at radius 1 is 1.19 bits per heavy atom. The number of hydrogen-bond donors (Lipinski definition) is 0. The van der Waals surface area contributed by atoms with Crippen molar-refractivity contribution < 1.29 is 14.1 Å². The molecule has 2 heterocycles. The van der Waals surface area contributed by atoms with Gasteiger partial charge in [-0.2, -0.15) is 4.98 Å². The van der Waals surface area contributed by atoms with Gasteiger partial charge in [0.15, 0.2) is 0 Å². The third kappa shape index (κ3) is 3.30. The molecule has 27 heavy (non-hydrogen) atoms. The lowest BCUT2D eigenvalue weighted by Crippen LogP contribution is -2.31. The molecule has 1 atom stereocenters. The van der Waals surface area contributed by atoms with Crippen LogP contribution in [0.15, 0.2) is 53.1 Å². The van der Waals surface area contributed by atoms with Crippen molar-refractivity contribution in [1.82, 2.24) is 15.0 Å².